The minimum Gasteiger partial charge on any atom is -0.497 e. The Hall–Kier alpha value is -3.68. The van der Waals surface area contributed by atoms with E-state index < -0.39 is 22.8 Å². The lowest BCUT2D eigenvalue weighted by molar-refractivity contribution is -0.384. The van der Waals surface area contributed by atoms with E-state index in [1.807, 2.05) is 0 Å². The number of carbonyl (C=O) groups excluding carboxylic acids is 2. The molecule has 0 aliphatic rings. The summed E-state index contributed by atoms with van der Waals surface area (Å²) in [7, 11) is 2.90. The molecule has 0 amide bonds. The summed E-state index contributed by atoms with van der Waals surface area (Å²) >= 11 is 0. The van der Waals surface area contributed by atoms with Crippen LogP contribution in [0.25, 0.3) is 0 Å². The summed E-state index contributed by atoms with van der Waals surface area (Å²) in [6.07, 6.45) is -1.10. The first-order chi connectivity index (χ1) is 13.3. The third-order valence-electron chi connectivity index (χ3n) is 3.95. The number of nitro benzene ring substituents is 1. The molecule has 0 fully saturated rings. The van der Waals surface area contributed by atoms with Crippen LogP contribution in [-0.4, -0.2) is 30.9 Å². The lowest BCUT2D eigenvalue weighted by atomic mass is 9.94. The van der Waals surface area contributed by atoms with Gasteiger partial charge in [-0.15, -0.1) is 0 Å². The number of carbonyl (C=O) groups is 2. The van der Waals surface area contributed by atoms with E-state index in [-0.39, 0.29) is 22.6 Å². The van der Waals surface area contributed by atoms with Crippen molar-refractivity contribution >= 4 is 17.4 Å². The second-order valence-electron chi connectivity index (χ2n) is 5.76. The molecule has 8 heteroatoms. The number of hydrogen-bond donors (Lipinski definition) is 0. The van der Waals surface area contributed by atoms with E-state index in [4.69, 9.17) is 14.2 Å². The summed E-state index contributed by atoms with van der Waals surface area (Å²) in [6, 6.07) is 10.0. The first kappa shape index (κ1) is 20.6. The number of ether oxygens (including phenoxy) is 3. The van der Waals surface area contributed by atoms with Gasteiger partial charge < -0.3 is 14.2 Å². The van der Waals surface area contributed by atoms with Gasteiger partial charge in [-0.25, -0.2) is 0 Å². The van der Waals surface area contributed by atoms with Crippen molar-refractivity contribution in [1.82, 2.24) is 0 Å². The zero-order chi connectivity index (χ0) is 20.8. The SMILES string of the molecule is C=C(C(=O)c1ccc(OC)cc1OC)C(OC(C)=O)c1ccc([N+](=O)[O-])cc1. The monoisotopic (exact) mass is 385 g/mol. The molecule has 0 aliphatic carbocycles. The van der Waals surface area contributed by atoms with Gasteiger partial charge in [-0.1, -0.05) is 6.58 Å². The number of esters is 1. The number of ketones is 1. The van der Waals surface area contributed by atoms with Crippen molar-refractivity contribution in [3.05, 3.63) is 75.9 Å². The van der Waals surface area contributed by atoms with E-state index in [9.17, 15) is 19.7 Å². The highest BCUT2D eigenvalue weighted by Crippen LogP contribution is 2.32. The van der Waals surface area contributed by atoms with E-state index in [2.05, 4.69) is 6.58 Å². The van der Waals surface area contributed by atoms with E-state index in [1.54, 1.807) is 12.1 Å². The molecule has 2 aromatic carbocycles. The molecule has 1 atom stereocenters. The maximum atomic E-state index is 13.0. The molecule has 0 spiro atoms. The average molecular weight is 385 g/mol. The van der Waals surface area contributed by atoms with Crippen molar-refractivity contribution in [1.29, 1.82) is 0 Å². The average Bonchev–Trinajstić information content (AvgIpc) is 2.70. The number of methoxy groups -OCH3 is 2. The van der Waals surface area contributed by atoms with Crippen LogP contribution >= 0.6 is 0 Å². The fourth-order valence-corrected chi connectivity index (χ4v) is 2.56. The van der Waals surface area contributed by atoms with Crippen molar-refractivity contribution in [3.8, 4) is 11.5 Å². The lowest BCUT2D eigenvalue weighted by Crippen LogP contribution is -2.17. The predicted octanol–water partition coefficient (Wildman–Crippen LogP) is 3.66. The van der Waals surface area contributed by atoms with Crippen LogP contribution in [-0.2, 0) is 9.53 Å². The largest absolute Gasteiger partial charge is 0.497 e. The first-order valence-electron chi connectivity index (χ1n) is 8.15. The molecule has 0 heterocycles. The molecule has 28 heavy (non-hydrogen) atoms. The molecule has 0 N–H and O–H groups in total. The van der Waals surface area contributed by atoms with Gasteiger partial charge in [-0.2, -0.15) is 0 Å². The number of benzene rings is 2. The Labute approximate surface area is 161 Å². The number of nitro groups is 1. The topological polar surface area (TPSA) is 105 Å². The maximum Gasteiger partial charge on any atom is 0.303 e. The fourth-order valence-electron chi connectivity index (χ4n) is 2.56. The third-order valence-corrected chi connectivity index (χ3v) is 3.95. The van der Waals surface area contributed by atoms with Gasteiger partial charge in [0.25, 0.3) is 5.69 Å². The maximum absolute atomic E-state index is 13.0. The molecule has 2 rings (SSSR count). The van der Waals surface area contributed by atoms with Gasteiger partial charge in [0.15, 0.2) is 11.9 Å². The summed E-state index contributed by atoms with van der Waals surface area (Å²) in [6.45, 7) is 4.99. The molecule has 0 radical (unpaired) electrons. The highest BCUT2D eigenvalue weighted by molar-refractivity contribution is 6.11. The molecule has 0 saturated carbocycles. The van der Waals surface area contributed by atoms with Gasteiger partial charge in [-0.05, 0) is 29.8 Å². The number of non-ortho nitro benzene ring substituents is 1. The van der Waals surface area contributed by atoms with Crippen LogP contribution in [0.15, 0.2) is 54.6 Å². The second kappa shape index (κ2) is 8.81. The van der Waals surface area contributed by atoms with Gasteiger partial charge in [0, 0.05) is 30.7 Å². The Morgan fingerprint density at radius 1 is 1.07 bits per heavy atom. The zero-order valence-corrected chi connectivity index (χ0v) is 15.6. The zero-order valence-electron chi connectivity index (χ0n) is 15.6. The van der Waals surface area contributed by atoms with Crippen molar-refractivity contribution in [2.24, 2.45) is 0 Å². The Morgan fingerprint density at radius 2 is 1.71 bits per heavy atom. The van der Waals surface area contributed by atoms with Crippen LogP contribution in [0.5, 0.6) is 11.5 Å². The number of nitrogens with zero attached hydrogens (tertiary/aromatic N) is 1. The Morgan fingerprint density at radius 3 is 2.21 bits per heavy atom. The fraction of sp³-hybridized carbons (Fsp3) is 0.200. The van der Waals surface area contributed by atoms with Crippen LogP contribution in [0.1, 0.15) is 28.9 Å². The standard InChI is InChI=1S/C20H19NO7/c1-12(19(23)17-10-9-16(26-3)11-18(17)27-4)20(28-13(2)22)14-5-7-15(8-6-14)21(24)25/h5-11,20H,1H2,2-4H3. The molecule has 146 valence electrons. The number of hydrogen-bond acceptors (Lipinski definition) is 7. The molecule has 8 nitrogen and oxygen atoms in total. The van der Waals surface area contributed by atoms with Crippen LogP contribution in [0.3, 0.4) is 0 Å². The van der Waals surface area contributed by atoms with E-state index in [0.29, 0.717) is 11.3 Å². The van der Waals surface area contributed by atoms with Crippen molar-refractivity contribution < 1.29 is 28.7 Å². The lowest BCUT2D eigenvalue weighted by Gasteiger charge is -2.20. The van der Waals surface area contributed by atoms with Crippen molar-refractivity contribution in [3.63, 3.8) is 0 Å². The summed E-state index contributed by atoms with van der Waals surface area (Å²) in [5, 5.41) is 10.8. The second-order valence-corrected chi connectivity index (χ2v) is 5.76. The Kier molecular flexibility index (Phi) is 6.49. The van der Waals surface area contributed by atoms with E-state index >= 15 is 0 Å². The molecule has 0 saturated heterocycles. The normalized spacial score (nSPS) is 11.2. The van der Waals surface area contributed by atoms with Gasteiger partial charge in [0.2, 0.25) is 0 Å². The predicted molar refractivity (Wildman–Crippen MR) is 101 cm³/mol. The van der Waals surface area contributed by atoms with Crippen LogP contribution < -0.4 is 9.47 Å². The molecule has 1 unspecified atom stereocenters. The summed E-state index contributed by atoms with van der Waals surface area (Å²) in [5.41, 5.74) is 0.450. The van der Waals surface area contributed by atoms with E-state index in [1.165, 1.54) is 51.5 Å². The highest BCUT2D eigenvalue weighted by atomic mass is 16.6. The quantitative estimate of drug-likeness (QED) is 0.224. The van der Waals surface area contributed by atoms with Crippen LogP contribution in [0.2, 0.25) is 0 Å². The minimum absolute atomic E-state index is 0.0208. The third kappa shape index (κ3) is 4.53. The molecule has 2 aromatic rings. The smallest absolute Gasteiger partial charge is 0.303 e. The molecule has 0 aliphatic heterocycles. The van der Waals surface area contributed by atoms with Gasteiger partial charge in [0.1, 0.15) is 11.5 Å². The summed E-state index contributed by atoms with van der Waals surface area (Å²) in [4.78, 5) is 34.8. The molecule has 0 aromatic heterocycles. The molecule has 0 bridgehead atoms. The Bertz CT molecular complexity index is 919. The van der Waals surface area contributed by atoms with Gasteiger partial charge in [0.05, 0.1) is 24.7 Å². The van der Waals surface area contributed by atoms with Crippen LogP contribution in [0, 0.1) is 10.1 Å². The van der Waals surface area contributed by atoms with Crippen molar-refractivity contribution in [2.75, 3.05) is 14.2 Å². The Balaban J connectivity index is 2.41. The first-order valence-corrected chi connectivity index (χ1v) is 8.15. The highest BCUT2D eigenvalue weighted by Gasteiger charge is 2.27. The van der Waals surface area contributed by atoms with Gasteiger partial charge in [-0.3, -0.25) is 19.7 Å². The molecular weight excluding hydrogens is 366 g/mol. The summed E-state index contributed by atoms with van der Waals surface area (Å²) < 4.78 is 15.6. The number of rotatable bonds is 8. The van der Waals surface area contributed by atoms with Gasteiger partial charge >= 0.3 is 5.97 Å². The van der Waals surface area contributed by atoms with Crippen LogP contribution in [0.4, 0.5) is 5.69 Å². The van der Waals surface area contributed by atoms with Crippen molar-refractivity contribution in [2.45, 2.75) is 13.0 Å². The van der Waals surface area contributed by atoms with E-state index in [0.717, 1.165) is 0 Å². The summed E-state index contributed by atoms with van der Waals surface area (Å²) in [5.74, 6) is -0.343. The molecular formula is C20H19NO7. The minimum atomic E-state index is -1.10. The number of Topliss-reactive ketones (excluding diaryl/α,β-unsaturated/α-hetero) is 1.